The van der Waals surface area contributed by atoms with Crippen molar-refractivity contribution in [3.05, 3.63) is 34.4 Å². The molecule has 2 fully saturated rings. The van der Waals surface area contributed by atoms with Crippen molar-refractivity contribution in [2.45, 2.75) is 30.3 Å². The van der Waals surface area contributed by atoms with Crippen molar-refractivity contribution >= 4 is 15.7 Å². The molecule has 0 aromatic heterocycles. The van der Waals surface area contributed by atoms with Gasteiger partial charge in [0, 0.05) is 24.7 Å². The van der Waals surface area contributed by atoms with E-state index in [1.165, 1.54) is 28.6 Å². The third kappa shape index (κ3) is 2.23. The number of rotatable bonds is 3. The first kappa shape index (κ1) is 14.4. The molecule has 1 aromatic carbocycles. The minimum absolute atomic E-state index is 0.107. The highest BCUT2D eigenvalue weighted by Gasteiger charge is 2.49. The topological polar surface area (TPSA) is 92.6 Å². The Bertz CT molecular complexity index is 676. The Hall–Kier alpha value is -1.51. The maximum atomic E-state index is 12.9. The minimum atomic E-state index is -3.87. The molecule has 2 aliphatic rings. The summed E-state index contributed by atoms with van der Waals surface area (Å²) < 4.78 is 27.3. The fourth-order valence-corrected chi connectivity index (χ4v) is 5.53. The molecule has 0 aliphatic carbocycles. The molecule has 0 spiro atoms. The quantitative estimate of drug-likeness (QED) is 0.663. The van der Waals surface area contributed by atoms with Gasteiger partial charge in [-0.05, 0) is 31.9 Å². The summed E-state index contributed by atoms with van der Waals surface area (Å²) in [5.41, 5.74) is -0.362. The Balaban J connectivity index is 2.07. The normalized spacial score (nSPS) is 29.5. The first-order valence-corrected chi connectivity index (χ1v) is 8.34. The number of sulfonamides is 1. The van der Waals surface area contributed by atoms with Gasteiger partial charge in [-0.1, -0.05) is 12.1 Å². The van der Waals surface area contributed by atoms with Gasteiger partial charge in [-0.25, -0.2) is 8.42 Å². The Morgan fingerprint density at radius 2 is 2.05 bits per heavy atom. The van der Waals surface area contributed by atoms with Gasteiger partial charge in [0.1, 0.15) is 0 Å². The van der Waals surface area contributed by atoms with Crippen LogP contribution in [0.2, 0.25) is 0 Å². The molecule has 2 aliphatic heterocycles. The van der Waals surface area contributed by atoms with Gasteiger partial charge in [0.05, 0.1) is 4.92 Å². The fourth-order valence-electron chi connectivity index (χ4n) is 3.48. The zero-order valence-electron chi connectivity index (χ0n) is 11.6. The second kappa shape index (κ2) is 5.04. The van der Waals surface area contributed by atoms with Crippen molar-refractivity contribution in [3.8, 4) is 0 Å². The van der Waals surface area contributed by atoms with Crippen molar-refractivity contribution in [2.75, 3.05) is 13.1 Å². The largest absolute Gasteiger partial charge is 0.315 e. The van der Waals surface area contributed by atoms with Crippen LogP contribution in [0.5, 0.6) is 0 Å². The standard InChI is InChI=1S/C13H17N3O4S/c1-9-6-10-7-14-8-12(10)15(9)21(19,20)13-5-3-2-4-11(13)16(17)18/h2-5,9-10,12,14H,6-8H2,1H3/t9-,10+,12-/m1/s1. The molecule has 8 heteroatoms. The van der Waals surface area contributed by atoms with Gasteiger partial charge in [-0.15, -0.1) is 0 Å². The number of benzene rings is 1. The number of nitro groups is 1. The van der Waals surface area contributed by atoms with Gasteiger partial charge in [-0.2, -0.15) is 4.31 Å². The third-order valence-corrected chi connectivity index (χ3v) is 6.41. The van der Waals surface area contributed by atoms with Crippen molar-refractivity contribution in [1.82, 2.24) is 9.62 Å². The molecule has 7 nitrogen and oxygen atoms in total. The lowest BCUT2D eigenvalue weighted by atomic mass is 10.0. The molecular formula is C13H17N3O4S. The van der Waals surface area contributed by atoms with E-state index >= 15 is 0 Å². The summed E-state index contributed by atoms with van der Waals surface area (Å²) in [6.45, 7) is 3.28. The van der Waals surface area contributed by atoms with Crippen molar-refractivity contribution in [2.24, 2.45) is 5.92 Å². The molecule has 3 rings (SSSR count). The number of nitrogens with one attached hydrogen (secondary N) is 1. The molecule has 1 aromatic rings. The predicted octanol–water partition coefficient (Wildman–Crippen LogP) is 0.966. The zero-order valence-corrected chi connectivity index (χ0v) is 12.4. The van der Waals surface area contributed by atoms with Crippen molar-refractivity contribution in [1.29, 1.82) is 0 Å². The van der Waals surface area contributed by atoms with Gasteiger partial charge in [-0.3, -0.25) is 10.1 Å². The summed E-state index contributed by atoms with van der Waals surface area (Å²) in [7, 11) is -3.87. The molecular weight excluding hydrogens is 294 g/mol. The average molecular weight is 311 g/mol. The van der Waals surface area contributed by atoms with E-state index in [1.54, 1.807) is 0 Å². The van der Waals surface area contributed by atoms with E-state index in [1.807, 2.05) is 6.92 Å². The second-order valence-electron chi connectivity index (χ2n) is 5.63. The number of hydrogen-bond donors (Lipinski definition) is 1. The number of hydrogen-bond acceptors (Lipinski definition) is 5. The molecule has 1 N–H and O–H groups in total. The summed E-state index contributed by atoms with van der Waals surface area (Å²) >= 11 is 0. The maximum absolute atomic E-state index is 12.9. The second-order valence-corrected chi connectivity index (χ2v) is 7.44. The number of nitro benzene ring substituents is 1. The molecule has 0 bridgehead atoms. The summed E-state index contributed by atoms with van der Waals surface area (Å²) in [5.74, 6) is 0.289. The van der Waals surface area contributed by atoms with E-state index in [2.05, 4.69) is 5.32 Å². The summed E-state index contributed by atoms with van der Waals surface area (Å²) in [6.07, 6.45) is 0.789. The highest BCUT2D eigenvalue weighted by molar-refractivity contribution is 7.89. The fraction of sp³-hybridized carbons (Fsp3) is 0.538. The lowest BCUT2D eigenvalue weighted by Crippen LogP contribution is -2.42. The summed E-state index contributed by atoms with van der Waals surface area (Å²) in [5, 5.41) is 14.3. The SMILES string of the molecule is C[C@@H]1C[C@H]2CNC[C@H]2N1S(=O)(=O)c1ccccc1[N+](=O)[O-]. The van der Waals surface area contributed by atoms with Crippen molar-refractivity contribution < 1.29 is 13.3 Å². The van der Waals surface area contributed by atoms with E-state index < -0.39 is 14.9 Å². The Kier molecular flexibility index (Phi) is 3.46. The van der Waals surface area contributed by atoms with E-state index in [0.29, 0.717) is 6.54 Å². The number of para-hydroxylation sites is 1. The van der Waals surface area contributed by atoms with Crippen LogP contribution in [0.3, 0.4) is 0 Å². The molecule has 21 heavy (non-hydrogen) atoms. The smallest absolute Gasteiger partial charge is 0.289 e. The van der Waals surface area contributed by atoms with Crippen LogP contribution in [0.1, 0.15) is 13.3 Å². The average Bonchev–Trinajstić information content (AvgIpc) is 2.97. The van der Waals surface area contributed by atoms with Crippen LogP contribution in [-0.4, -0.2) is 42.8 Å². The minimum Gasteiger partial charge on any atom is -0.315 e. The lowest BCUT2D eigenvalue weighted by molar-refractivity contribution is -0.387. The number of nitrogens with zero attached hydrogens (tertiary/aromatic N) is 2. The van der Waals surface area contributed by atoms with Gasteiger partial charge in [0.2, 0.25) is 10.0 Å². The van der Waals surface area contributed by atoms with E-state index in [4.69, 9.17) is 0 Å². The maximum Gasteiger partial charge on any atom is 0.289 e. The molecule has 114 valence electrons. The molecule has 2 heterocycles. The van der Waals surface area contributed by atoms with E-state index in [0.717, 1.165) is 13.0 Å². The monoisotopic (exact) mass is 311 g/mol. The van der Waals surface area contributed by atoms with Gasteiger partial charge >= 0.3 is 0 Å². The van der Waals surface area contributed by atoms with E-state index in [-0.39, 0.29) is 28.6 Å². The Morgan fingerprint density at radius 3 is 2.76 bits per heavy atom. The van der Waals surface area contributed by atoms with Gasteiger partial charge < -0.3 is 5.32 Å². The molecule has 0 radical (unpaired) electrons. The first-order chi connectivity index (χ1) is 9.93. The Morgan fingerprint density at radius 1 is 1.33 bits per heavy atom. The van der Waals surface area contributed by atoms with Crippen molar-refractivity contribution in [3.63, 3.8) is 0 Å². The lowest BCUT2D eigenvalue weighted by Gasteiger charge is -2.26. The van der Waals surface area contributed by atoms with Crippen LogP contribution in [0.25, 0.3) is 0 Å². The van der Waals surface area contributed by atoms with Crippen LogP contribution in [0.15, 0.2) is 29.2 Å². The zero-order chi connectivity index (χ0) is 15.2. The molecule has 0 saturated carbocycles. The van der Waals surface area contributed by atoms with Crippen LogP contribution in [0.4, 0.5) is 5.69 Å². The Labute approximate surface area is 123 Å². The first-order valence-electron chi connectivity index (χ1n) is 6.90. The molecule has 0 unspecified atom stereocenters. The van der Waals surface area contributed by atoms with E-state index in [9.17, 15) is 18.5 Å². The highest BCUT2D eigenvalue weighted by Crippen LogP contribution is 2.38. The molecule has 0 amide bonds. The number of fused-ring (bicyclic) bond motifs is 1. The van der Waals surface area contributed by atoms with Crippen LogP contribution in [-0.2, 0) is 10.0 Å². The van der Waals surface area contributed by atoms with Gasteiger partial charge in [0.25, 0.3) is 5.69 Å². The summed E-state index contributed by atoms with van der Waals surface area (Å²) in [4.78, 5) is 10.2. The third-order valence-electron chi connectivity index (χ3n) is 4.33. The van der Waals surface area contributed by atoms with Crippen LogP contribution < -0.4 is 5.32 Å². The van der Waals surface area contributed by atoms with Gasteiger partial charge in [0.15, 0.2) is 4.90 Å². The highest BCUT2D eigenvalue weighted by atomic mass is 32.2. The van der Waals surface area contributed by atoms with Crippen LogP contribution in [0, 0.1) is 16.0 Å². The predicted molar refractivity (Wildman–Crippen MR) is 76.3 cm³/mol. The molecule has 3 atom stereocenters. The van der Waals surface area contributed by atoms with Crippen LogP contribution >= 0.6 is 0 Å². The molecule has 2 saturated heterocycles. The summed E-state index contributed by atoms with van der Waals surface area (Å²) in [6, 6.07) is 5.31.